The highest BCUT2D eigenvalue weighted by Crippen LogP contribution is 2.44. The van der Waals surface area contributed by atoms with Crippen LogP contribution in [0.5, 0.6) is 0 Å². The van der Waals surface area contributed by atoms with Gasteiger partial charge in [0.25, 0.3) is 0 Å². The molecule has 0 radical (unpaired) electrons. The van der Waals surface area contributed by atoms with E-state index in [4.69, 9.17) is 4.42 Å². The molecule has 4 nitrogen and oxygen atoms in total. The molecule has 2 heterocycles. The number of aromatic amines is 1. The van der Waals surface area contributed by atoms with Crippen LogP contribution < -0.4 is 5.76 Å². The molecule has 1 fully saturated rings. The SMILES string of the molecule is CC1(c2n[nH]c(=O)o2)CCCS1. The molecule has 1 atom stereocenters. The molecule has 12 heavy (non-hydrogen) atoms. The summed E-state index contributed by atoms with van der Waals surface area (Å²) in [6.07, 6.45) is 2.20. The number of nitrogens with zero attached hydrogens (tertiary/aromatic N) is 1. The normalized spacial score (nSPS) is 29.4. The monoisotopic (exact) mass is 186 g/mol. The van der Waals surface area contributed by atoms with Gasteiger partial charge in [-0.1, -0.05) is 0 Å². The zero-order chi connectivity index (χ0) is 8.60. The van der Waals surface area contributed by atoms with Gasteiger partial charge >= 0.3 is 5.76 Å². The Hall–Kier alpha value is -0.710. The first kappa shape index (κ1) is 7.91. The lowest BCUT2D eigenvalue weighted by atomic mass is 10.1. The number of rotatable bonds is 1. The summed E-state index contributed by atoms with van der Waals surface area (Å²) in [7, 11) is 0. The average Bonchev–Trinajstić information content (AvgIpc) is 2.59. The lowest BCUT2D eigenvalue weighted by Crippen LogP contribution is -2.13. The fourth-order valence-corrected chi connectivity index (χ4v) is 2.64. The van der Waals surface area contributed by atoms with Gasteiger partial charge in [0.15, 0.2) is 0 Å². The smallest absolute Gasteiger partial charge is 0.391 e. The van der Waals surface area contributed by atoms with Crippen LogP contribution in [0.1, 0.15) is 25.7 Å². The molecule has 66 valence electrons. The third-order valence-corrected chi connectivity index (χ3v) is 3.62. The number of H-pyrrole nitrogens is 1. The highest BCUT2D eigenvalue weighted by atomic mass is 32.2. The lowest BCUT2D eigenvalue weighted by molar-refractivity contribution is 0.408. The predicted octanol–water partition coefficient (Wildman–Crippen LogP) is 1.11. The molecule has 0 spiro atoms. The van der Waals surface area contributed by atoms with Crippen LogP contribution in [-0.4, -0.2) is 16.0 Å². The Balaban J connectivity index is 2.34. The minimum absolute atomic E-state index is 0.0842. The van der Waals surface area contributed by atoms with E-state index in [-0.39, 0.29) is 4.75 Å². The molecule has 0 bridgehead atoms. The van der Waals surface area contributed by atoms with Gasteiger partial charge < -0.3 is 4.42 Å². The Morgan fingerprint density at radius 1 is 1.75 bits per heavy atom. The Morgan fingerprint density at radius 3 is 3.08 bits per heavy atom. The van der Waals surface area contributed by atoms with Crippen molar-refractivity contribution in [1.82, 2.24) is 10.2 Å². The minimum Gasteiger partial charge on any atom is -0.391 e. The molecule has 1 aliphatic rings. The van der Waals surface area contributed by atoms with Crippen LogP contribution in [0.2, 0.25) is 0 Å². The van der Waals surface area contributed by atoms with Crippen molar-refractivity contribution >= 4 is 11.8 Å². The molecule has 1 saturated heterocycles. The third kappa shape index (κ3) is 1.18. The van der Waals surface area contributed by atoms with Crippen molar-refractivity contribution in [3.05, 3.63) is 16.4 Å². The highest BCUT2D eigenvalue weighted by molar-refractivity contribution is 8.00. The van der Waals surface area contributed by atoms with Gasteiger partial charge in [0.05, 0.1) is 4.75 Å². The highest BCUT2D eigenvalue weighted by Gasteiger charge is 2.36. The van der Waals surface area contributed by atoms with E-state index in [1.165, 1.54) is 0 Å². The van der Waals surface area contributed by atoms with E-state index >= 15 is 0 Å². The summed E-state index contributed by atoms with van der Waals surface area (Å²) in [5.41, 5.74) is 0. The van der Waals surface area contributed by atoms with Crippen molar-refractivity contribution in [1.29, 1.82) is 0 Å². The zero-order valence-corrected chi connectivity index (χ0v) is 7.61. The molecular weight excluding hydrogens is 176 g/mol. The van der Waals surface area contributed by atoms with E-state index < -0.39 is 5.76 Å². The minimum atomic E-state index is -0.460. The van der Waals surface area contributed by atoms with Crippen LogP contribution in [0, 0.1) is 0 Å². The van der Waals surface area contributed by atoms with E-state index in [0.29, 0.717) is 5.89 Å². The second-order valence-electron chi connectivity index (χ2n) is 3.10. The molecule has 0 amide bonds. The molecule has 1 unspecified atom stereocenters. The molecule has 1 aliphatic heterocycles. The van der Waals surface area contributed by atoms with Crippen molar-refractivity contribution in [2.75, 3.05) is 5.75 Å². The zero-order valence-electron chi connectivity index (χ0n) is 6.79. The lowest BCUT2D eigenvalue weighted by Gasteiger charge is -2.16. The summed E-state index contributed by atoms with van der Waals surface area (Å²) in [6, 6.07) is 0. The van der Waals surface area contributed by atoms with E-state index in [2.05, 4.69) is 17.1 Å². The third-order valence-electron chi connectivity index (χ3n) is 2.11. The second-order valence-corrected chi connectivity index (χ2v) is 4.70. The number of aromatic nitrogens is 2. The predicted molar refractivity (Wildman–Crippen MR) is 46.2 cm³/mol. The van der Waals surface area contributed by atoms with E-state index in [9.17, 15) is 4.79 Å². The first-order chi connectivity index (χ1) is 5.71. The molecule has 0 aliphatic carbocycles. The first-order valence-corrected chi connectivity index (χ1v) is 4.89. The summed E-state index contributed by atoms with van der Waals surface area (Å²) in [4.78, 5) is 10.7. The number of hydrogen-bond acceptors (Lipinski definition) is 4. The molecule has 1 aromatic rings. The van der Waals surface area contributed by atoms with Gasteiger partial charge in [-0.15, -0.1) is 16.9 Å². The fourth-order valence-electron chi connectivity index (χ4n) is 1.40. The van der Waals surface area contributed by atoms with E-state index in [1.54, 1.807) is 11.8 Å². The van der Waals surface area contributed by atoms with Crippen molar-refractivity contribution in [3.8, 4) is 0 Å². The summed E-state index contributed by atoms with van der Waals surface area (Å²) >= 11 is 1.80. The van der Waals surface area contributed by atoms with Gasteiger partial charge in [0.2, 0.25) is 5.89 Å². The number of nitrogens with one attached hydrogen (secondary N) is 1. The van der Waals surface area contributed by atoms with Gasteiger partial charge in [-0.05, 0) is 25.5 Å². The molecule has 0 aromatic carbocycles. The van der Waals surface area contributed by atoms with Gasteiger partial charge in [0.1, 0.15) is 0 Å². The Labute approximate surface area is 73.7 Å². The summed E-state index contributed by atoms with van der Waals surface area (Å²) < 4.78 is 4.84. The van der Waals surface area contributed by atoms with E-state index in [0.717, 1.165) is 18.6 Å². The molecule has 0 saturated carbocycles. The van der Waals surface area contributed by atoms with E-state index in [1.807, 2.05) is 0 Å². The molecule has 5 heteroatoms. The van der Waals surface area contributed by atoms with Gasteiger partial charge in [-0.2, -0.15) is 0 Å². The van der Waals surface area contributed by atoms with Gasteiger partial charge in [-0.25, -0.2) is 9.89 Å². The average molecular weight is 186 g/mol. The first-order valence-electron chi connectivity index (χ1n) is 3.91. The topological polar surface area (TPSA) is 58.9 Å². The van der Waals surface area contributed by atoms with Gasteiger partial charge in [-0.3, -0.25) is 0 Å². The number of thioether (sulfide) groups is 1. The fraction of sp³-hybridized carbons (Fsp3) is 0.714. The van der Waals surface area contributed by atoms with Crippen LogP contribution in [0.15, 0.2) is 9.21 Å². The summed E-state index contributed by atoms with van der Waals surface area (Å²) in [5, 5.41) is 6.13. The van der Waals surface area contributed by atoms with Crippen LogP contribution in [0.25, 0.3) is 0 Å². The number of hydrogen-bond donors (Lipinski definition) is 1. The van der Waals surface area contributed by atoms with Crippen LogP contribution in [0.3, 0.4) is 0 Å². The maximum absolute atomic E-state index is 10.7. The van der Waals surface area contributed by atoms with Crippen molar-refractivity contribution < 1.29 is 4.42 Å². The summed E-state index contributed by atoms with van der Waals surface area (Å²) in [5.74, 6) is 1.20. The van der Waals surface area contributed by atoms with Crippen LogP contribution in [0.4, 0.5) is 0 Å². The largest absolute Gasteiger partial charge is 0.434 e. The maximum Gasteiger partial charge on any atom is 0.434 e. The maximum atomic E-state index is 10.7. The Kier molecular flexibility index (Phi) is 1.75. The van der Waals surface area contributed by atoms with Crippen molar-refractivity contribution in [2.45, 2.75) is 24.5 Å². The quantitative estimate of drug-likeness (QED) is 0.713. The molecule has 1 aromatic heterocycles. The van der Waals surface area contributed by atoms with Gasteiger partial charge in [0, 0.05) is 0 Å². The van der Waals surface area contributed by atoms with Crippen molar-refractivity contribution in [2.24, 2.45) is 0 Å². The van der Waals surface area contributed by atoms with Crippen LogP contribution >= 0.6 is 11.8 Å². The second kappa shape index (κ2) is 2.65. The molecular formula is C7H10N2O2S. The van der Waals surface area contributed by atoms with Crippen LogP contribution in [-0.2, 0) is 4.75 Å². The molecule has 1 N–H and O–H groups in total. The van der Waals surface area contributed by atoms with Crippen molar-refractivity contribution in [3.63, 3.8) is 0 Å². The molecule has 2 rings (SSSR count). The Bertz CT molecular complexity index is 324. The standard InChI is InChI=1S/C7H10N2O2S/c1-7(3-2-4-12-7)5-8-9-6(10)11-5/h2-4H2,1H3,(H,9,10). The Morgan fingerprint density at radius 2 is 2.58 bits per heavy atom. The summed E-state index contributed by atoms with van der Waals surface area (Å²) in [6.45, 7) is 2.06.